The Balaban J connectivity index is 1.62. The lowest BCUT2D eigenvalue weighted by Gasteiger charge is -2.17. The molecule has 3 heterocycles. The van der Waals surface area contributed by atoms with Crippen LogP contribution < -0.4 is 5.32 Å². The lowest BCUT2D eigenvalue weighted by atomic mass is 10.1. The molecular formula is C16H22FN5O4. The monoisotopic (exact) mass is 367 g/mol. The Morgan fingerprint density at radius 3 is 2.88 bits per heavy atom. The first-order valence-electron chi connectivity index (χ1n) is 8.69. The first kappa shape index (κ1) is 17.5. The van der Waals surface area contributed by atoms with Crippen molar-refractivity contribution < 1.29 is 24.1 Å². The fourth-order valence-corrected chi connectivity index (χ4v) is 3.66. The van der Waals surface area contributed by atoms with Gasteiger partial charge in [-0.25, -0.2) is 19.3 Å². The largest absolute Gasteiger partial charge is 0.387 e. The number of imidazole rings is 1. The summed E-state index contributed by atoms with van der Waals surface area (Å²) in [6.45, 7) is 0.155. The Labute approximate surface area is 149 Å². The number of hydrogen-bond donors (Lipinski definition) is 3. The first-order valence-corrected chi connectivity index (χ1v) is 8.69. The van der Waals surface area contributed by atoms with Crippen molar-refractivity contribution in [3.05, 3.63) is 12.7 Å². The number of rotatable bonds is 5. The van der Waals surface area contributed by atoms with Crippen LogP contribution in [0.1, 0.15) is 25.5 Å². The van der Waals surface area contributed by atoms with Crippen LogP contribution >= 0.6 is 0 Å². The molecule has 1 aliphatic carbocycles. The highest BCUT2D eigenvalue weighted by molar-refractivity contribution is 5.82. The lowest BCUT2D eigenvalue weighted by Crippen LogP contribution is -2.33. The van der Waals surface area contributed by atoms with E-state index in [9.17, 15) is 14.6 Å². The van der Waals surface area contributed by atoms with Crippen LogP contribution in [0.25, 0.3) is 11.2 Å². The van der Waals surface area contributed by atoms with Gasteiger partial charge in [0.05, 0.1) is 19.0 Å². The van der Waals surface area contributed by atoms with Crippen LogP contribution in [0.4, 0.5) is 10.2 Å². The standard InChI is InChI=1S/C16H22FN5O4/c1-25-5-10-12(23)13(24)16(26-10)22-7-20-11-14(18-6-19-15(11)22)21-9-4-2-3-8(9)17/h6-10,12-13,16,23-24H,2-5H2,1H3,(H,18,19,21)/t8-,9-,10+,12+,13+,16+/m0/s1. The van der Waals surface area contributed by atoms with Crippen molar-refractivity contribution in [3.63, 3.8) is 0 Å². The van der Waals surface area contributed by atoms with Crippen LogP contribution in [-0.4, -0.2) is 74.0 Å². The minimum absolute atomic E-state index is 0.155. The molecule has 1 saturated carbocycles. The van der Waals surface area contributed by atoms with E-state index in [4.69, 9.17) is 9.47 Å². The Morgan fingerprint density at radius 2 is 2.15 bits per heavy atom. The van der Waals surface area contributed by atoms with E-state index in [-0.39, 0.29) is 12.6 Å². The second kappa shape index (κ2) is 7.03. The van der Waals surface area contributed by atoms with Gasteiger partial charge in [-0.05, 0) is 19.3 Å². The molecule has 2 aliphatic rings. The summed E-state index contributed by atoms with van der Waals surface area (Å²) in [4.78, 5) is 12.7. The molecule has 4 rings (SSSR count). The maximum absolute atomic E-state index is 13.9. The number of methoxy groups -OCH3 is 1. The minimum atomic E-state index is -1.15. The van der Waals surface area contributed by atoms with Gasteiger partial charge in [-0.1, -0.05) is 0 Å². The molecule has 9 nitrogen and oxygen atoms in total. The third-order valence-electron chi connectivity index (χ3n) is 5.05. The summed E-state index contributed by atoms with van der Waals surface area (Å²) < 4.78 is 26.2. The molecule has 0 radical (unpaired) electrons. The van der Waals surface area contributed by atoms with Crippen LogP contribution in [0.5, 0.6) is 0 Å². The number of alkyl halides is 1. The van der Waals surface area contributed by atoms with Crippen LogP contribution in [0.15, 0.2) is 12.7 Å². The molecule has 0 aromatic carbocycles. The van der Waals surface area contributed by atoms with Crippen molar-refractivity contribution in [2.45, 2.75) is 56.0 Å². The first-order chi connectivity index (χ1) is 12.6. The zero-order valence-corrected chi connectivity index (χ0v) is 14.3. The summed E-state index contributed by atoms with van der Waals surface area (Å²) >= 11 is 0. The molecule has 0 spiro atoms. The van der Waals surface area contributed by atoms with Gasteiger partial charge < -0.3 is 25.0 Å². The molecular weight excluding hydrogens is 345 g/mol. The predicted octanol–water partition coefficient (Wildman–Crippen LogP) is 0.394. The van der Waals surface area contributed by atoms with E-state index in [0.717, 1.165) is 12.8 Å². The summed E-state index contributed by atoms with van der Waals surface area (Å²) in [5.74, 6) is 0.449. The highest BCUT2D eigenvalue weighted by Gasteiger charge is 2.44. The van der Waals surface area contributed by atoms with Gasteiger partial charge in [-0.15, -0.1) is 0 Å². The quantitative estimate of drug-likeness (QED) is 0.696. The zero-order valence-electron chi connectivity index (χ0n) is 14.3. The summed E-state index contributed by atoms with van der Waals surface area (Å²) in [5, 5.41) is 23.6. The van der Waals surface area contributed by atoms with Crippen molar-refractivity contribution >= 4 is 17.0 Å². The summed E-state index contributed by atoms with van der Waals surface area (Å²) in [5.41, 5.74) is 0.900. The van der Waals surface area contributed by atoms with Crippen LogP contribution in [0.2, 0.25) is 0 Å². The van der Waals surface area contributed by atoms with E-state index in [1.165, 1.54) is 19.8 Å². The lowest BCUT2D eigenvalue weighted by molar-refractivity contribution is -0.0580. The van der Waals surface area contributed by atoms with Gasteiger partial charge in [-0.3, -0.25) is 4.57 Å². The van der Waals surface area contributed by atoms with Crippen LogP contribution in [0, 0.1) is 0 Å². The van der Waals surface area contributed by atoms with Crippen molar-refractivity contribution in [1.29, 1.82) is 0 Å². The number of fused-ring (bicyclic) bond motifs is 1. The van der Waals surface area contributed by atoms with Crippen molar-refractivity contribution in [3.8, 4) is 0 Å². The number of aliphatic hydroxyl groups excluding tert-OH is 2. The average molecular weight is 367 g/mol. The van der Waals surface area contributed by atoms with E-state index in [0.29, 0.717) is 23.4 Å². The number of aromatic nitrogens is 4. The second-order valence-electron chi connectivity index (χ2n) is 6.75. The molecule has 142 valence electrons. The molecule has 3 N–H and O–H groups in total. The summed E-state index contributed by atoms with van der Waals surface area (Å²) in [7, 11) is 1.49. The van der Waals surface area contributed by atoms with Gasteiger partial charge in [0.2, 0.25) is 0 Å². The second-order valence-corrected chi connectivity index (χ2v) is 6.75. The Hall–Kier alpha value is -1.88. The van der Waals surface area contributed by atoms with Gasteiger partial charge in [0, 0.05) is 7.11 Å². The van der Waals surface area contributed by atoms with Gasteiger partial charge >= 0.3 is 0 Å². The third kappa shape index (κ3) is 2.92. The number of nitrogens with zero attached hydrogens (tertiary/aromatic N) is 4. The van der Waals surface area contributed by atoms with E-state index in [1.807, 2.05) is 0 Å². The normalized spacial score (nSPS) is 34.6. The molecule has 2 aromatic heterocycles. The van der Waals surface area contributed by atoms with Crippen molar-refractivity contribution in [1.82, 2.24) is 19.5 Å². The molecule has 26 heavy (non-hydrogen) atoms. The van der Waals surface area contributed by atoms with Crippen molar-refractivity contribution in [2.75, 3.05) is 19.0 Å². The maximum Gasteiger partial charge on any atom is 0.167 e. The number of nitrogens with one attached hydrogen (secondary N) is 1. The van der Waals surface area contributed by atoms with Crippen LogP contribution in [-0.2, 0) is 9.47 Å². The minimum Gasteiger partial charge on any atom is -0.387 e. The van der Waals surface area contributed by atoms with E-state index in [1.54, 1.807) is 4.57 Å². The number of halogens is 1. The molecule has 10 heteroatoms. The summed E-state index contributed by atoms with van der Waals surface area (Å²) in [6, 6.07) is -0.292. The van der Waals surface area contributed by atoms with Gasteiger partial charge in [-0.2, -0.15) is 0 Å². The SMILES string of the molecule is COC[C@H]1O[C@@H](n2cnc3c(N[C@H]4CCC[C@@H]4F)ncnc32)[C@H](O)[C@@H]1O. The van der Waals surface area contributed by atoms with E-state index >= 15 is 0 Å². The number of aliphatic hydroxyl groups is 2. The van der Waals surface area contributed by atoms with Gasteiger partial charge in [0.1, 0.15) is 30.8 Å². The highest BCUT2D eigenvalue weighted by atomic mass is 19.1. The van der Waals surface area contributed by atoms with Crippen molar-refractivity contribution in [2.24, 2.45) is 0 Å². The molecule has 0 amide bonds. The Kier molecular flexibility index (Phi) is 4.74. The number of ether oxygens (including phenoxy) is 2. The van der Waals surface area contributed by atoms with Gasteiger partial charge in [0.25, 0.3) is 0 Å². The fourth-order valence-electron chi connectivity index (χ4n) is 3.66. The molecule has 6 atom stereocenters. The third-order valence-corrected chi connectivity index (χ3v) is 5.05. The molecule has 2 fully saturated rings. The number of hydrogen-bond acceptors (Lipinski definition) is 8. The number of anilines is 1. The zero-order chi connectivity index (χ0) is 18.3. The Morgan fingerprint density at radius 1 is 1.31 bits per heavy atom. The highest BCUT2D eigenvalue weighted by Crippen LogP contribution is 2.33. The van der Waals surface area contributed by atoms with E-state index in [2.05, 4.69) is 20.3 Å². The van der Waals surface area contributed by atoms with Gasteiger partial charge in [0.15, 0.2) is 23.2 Å². The average Bonchev–Trinajstić information content (AvgIpc) is 3.31. The Bertz CT molecular complexity index is 774. The molecule has 0 bridgehead atoms. The molecule has 1 aliphatic heterocycles. The fraction of sp³-hybridized carbons (Fsp3) is 0.688. The molecule has 2 aromatic rings. The molecule has 1 saturated heterocycles. The summed E-state index contributed by atoms with van der Waals surface area (Å²) in [6.07, 6.45) is 0.309. The van der Waals surface area contributed by atoms with Crippen LogP contribution in [0.3, 0.4) is 0 Å². The topological polar surface area (TPSA) is 115 Å². The smallest absolute Gasteiger partial charge is 0.167 e. The predicted molar refractivity (Wildman–Crippen MR) is 89.3 cm³/mol. The maximum atomic E-state index is 13.9. The molecule has 0 unspecified atom stereocenters. The van der Waals surface area contributed by atoms with E-state index < -0.39 is 30.7 Å².